The second kappa shape index (κ2) is 5.40. The van der Waals surface area contributed by atoms with Gasteiger partial charge in [-0.2, -0.15) is 4.31 Å². The molecular weight excluding hydrogens is 284 g/mol. The van der Waals surface area contributed by atoms with Crippen LogP contribution in [0.25, 0.3) is 0 Å². The summed E-state index contributed by atoms with van der Waals surface area (Å²) in [5, 5.41) is 0.499. The molecular formula is C13H19ClN2O2S. The summed E-state index contributed by atoms with van der Waals surface area (Å²) in [4.78, 5) is 0.257. The molecule has 19 heavy (non-hydrogen) atoms. The maximum atomic E-state index is 12.5. The Kier molecular flexibility index (Phi) is 4.20. The van der Waals surface area contributed by atoms with Gasteiger partial charge in [0.05, 0.1) is 4.90 Å². The molecule has 0 aromatic heterocycles. The zero-order valence-electron chi connectivity index (χ0n) is 11.1. The lowest BCUT2D eigenvalue weighted by Gasteiger charge is -2.24. The van der Waals surface area contributed by atoms with Gasteiger partial charge < -0.3 is 5.73 Å². The van der Waals surface area contributed by atoms with Crippen molar-refractivity contribution in [3.8, 4) is 0 Å². The van der Waals surface area contributed by atoms with E-state index in [0.717, 1.165) is 12.8 Å². The van der Waals surface area contributed by atoms with Crippen LogP contribution in [0.4, 0.5) is 0 Å². The molecule has 0 bridgehead atoms. The van der Waals surface area contributed by atoms with E-state index in [0.29, 0.717) is 16.5 Å². The predicted molar refractivity (Wildman–Crippen MR) is 76.5 cm³/mol. The summed E-state index contributed by atoms with van der Waals surface area (Å²) in [5.74, 6) is 0.487. The van der Waals surface area contributed by atoms with Crippen molar-refractivity contribution in [1.82, 2.24) is 4.31 Å². The molecule has 0 spiro atoms. The van der Waals surface area contributed by atoms with E-state index in [-0.39, 0.29) is 17.5 Å². The SMILES string of the molecule is CC(C1CC1)N(C)S(=O)(=O)c1ccc(Cl)c(CN)c1. The van der Waals surface area contributed by atoms with Gasteiger partial charge in [-0.05, 0) is 49.4 Å². The summed E-state index contributed by atoms with van der Waals surface area (Å²) in [6, 6.07) is 4.72. The van der Waals surface area contributed by atoms with Crippen molar-refractivity contribution in [3.05, 3.63) is 28.8 Å². The molecule has 1 aliphatic rings. The van der Waals surface area contributed by atoms with Crippen molar-refractivity contribution in [2.24, 2.45) is 11.7 Å². The largest absolute Gasteiger partial charge is 0.326 e. The normalized spacial score (nSPS) is 17.7. The number of hydrogen-bond donors (Lipinski definition) is 1. The molecule has 1 aromatic rings. The van der Waals surface area contributed by atoms with Crippen LogP contribution in [0, 0.1) is 5.92 Å². The summed E-state index contributed by atoms with van der Waals surface area (Å²) in [7, 11) is -1.84. The van der Waals surface area contributed by atoms with Crippen molar-refractivity contribution >= 4 is 21.6 Å². The molecule has 1 fully saturated rings. The van der Waals surface area contributed by atoms with Crippen LogP contribution in [-0.4, -0.2) is 25.8 Å². The summed E-state index contributed by atoms with van der Waals surface area (Å²) >= 11 is 5.96. The molecule has 106 valence electrons. The Bertz CT molecular complexity index is 570. The Hall–Kier alpha value is -0.620. The van der Waals surface area contributed by atoms with E-state index >= 15 is 0 Å². The molecule has 6 heteroatoms. The molecule has 0 amide bonds. The van der Waals surface area contributed by atoms with Gasteiger partial charge in [0, 0.05) is 24.7 Å². The first-order valence-corrected chi connectivity index (χ1v) is 8.16. The fraction of sp³-hybridized carbons (Fsp3) is 0.538. The highest BCUT2D eigenvalue weighted by atomic mass is 35.5. The van der Waals surface area contributed by atoms with E-state index in [1.54, 1.807) is 19.2 Å². The number of rotatable bonds is 5. The molecule has 0 saturated heterocycles. The lowest BCUT2D eigenvalue weighted by molar-refractivity contribution is 0.357. The minimum absolute atomic E-state index is 0.0296. The Morgan fingerprint density at radius 2 is 2.11 bits per heavy atom. The molecule has 1 aromatic carbocycles. The van der Waals surface area contributed by atoms with Crippen molar-refractivity contribution in [2.45, 2.75) is 37.2 Å². The molecule has 2 rings (SSSR count). The fourth-order valence-electron chi connectivity index (χ4n) is 2.13. The average Bonchev–Trinajstić information content (AvgIpc) is 3.21. The Labute approximate surface area is 119 Å². The van der Waals surface area contributed by atoms with Gasteiger partial charge in [-0.15, -0.1) is 0 Å². The van der Waals surface area contributed by atoms with Crippen LogP contribution in [0.1, 0.15) is 25.3 Å². The van der Waals surface area contributed by atoms with Gasteiger partial charge in [0.1, 0.15) is 0 Å². The van der Waals surface area contributed by atoms with E-state index in [9.17, 15) is 8.42 Å². The van der Waals surface area contributed by atoms with Crippen molar-refractivity contribution in [1.29, 1.82) is 0 Å². The minimum Gasteiger partial charge on any atom is -0.326 e. The molecule has 1 saturated carbocycles. The molecule has 0 radical (unpaired) electrons. The van der Waals surface area contributed by atoms with Gasteiger partial charge in [-0.1, -0.05) is 11.6 Å². The van der Waals surface area contributed by atoms with Crippen molar-refractivity contribution in [2.75, 3.05) is 7.05 Å². The third-order valence-electron chi connectivity index (χ3n) is 3.79. The molecule has 0 heterocycles. The molecule has 1 unspecified atom stereocenters. The molecule has 2 N–H and O–H groups in total. The third kappa shape index (κ3) is 2.94. The highest BCUT2D eigenvalue weighted by Gasteiger charge is 2.36. The Morgan fingerprint density at radius 1 is 1.47 bits per heavy atom. The zero-order valence-corrected chi connectivity index (χ0v) is 12.7. The molecule has 0 aliphatic heterocycles. The first-order valence-electron chi connectivity index (χ1n) is 6.34. The Morgan fingerprint density at radius 3 is 2.63 bits per heavy atom. The molecule has 1 atom stereocenters. The van der Waals surface area contributed by atoms with E-state index in [1.807, 2.05) is 6.92 Å². The number of benzene rings is 1. The van der Waals surface area contributed by atoms with Crippen molar-refractivity contribution < 1.29 is 8.42 Å². The summed E-state index contributed by atoms with van der Waals surface area (Å²) in [6.45, 7) is 2.18. The maximum Gasteiger partial charge on any atom is 0.243 e. The van der Waals surface area contributed by atoms with E-state index < -0.39 is 10.0 Å². The van der Waals surface area contributed by atoms with Crippen LogP contribution >= 0.6 is 11.6 Å². The van der Waals surface area contributed by atoms with Crippen LogP contribution in [0.5, 0.6) is 0 Å². The van der Waals surface area contributed by atoms with Crippen LogP contribution in [0.3, 0.4) is 0 Å². The quantitative estimate of drug-likeness (QED) is 0.907. The van der Waals surface area contributed by atoms with Gasteiger partial charge in [0.25, 0.3) is 0 Å². The number of halogens is 1. The number of nitrogens with two attached hydrogens (primary N) is 1. The smallest absolute Gasteiger partial charge is 0.243 e. The predicted octanol–water partition coefficient (Wildman–Crippen LogP) is 2.22. The van der Waals surface area contributed by atoms with Gasteiger partial charge >= 0.3 is 0 Å². The second-order valence-electron chi connectivity index (χ2n) is 5.06. The third-order valence-corrected chi connectivity index (χ3v) is 6.10. The van der Waals surface area contributed by atoms with Crippen LogP contribution in [0.15, 0.2) is 23.1 Å². The first kappa shape index (κ1) is 14.8. The highest BCUT2D eigenvalue weighted by Crippen LogP contribution is 2.36. The topological polar surface area (TPSA) is 63.4 Å². The molecule has 4 nitrogen and oxygen atoms in total. The lowest BCUT2D eigenvalue weighted by atomic mass is 10.2. The zero-order chi connectivity index (χ0) is 14.2. The second-order valence-corrected chi connectivity index (χ2v) is 7.46. The standard InChI is InChI=1S/C13H19ClN2O2S/c1-9(10-3-4-10)16(2)19(17,18)12-5-6-13(14)11(7-12)8-15/h5-7,9-10H,3-4,8,15H2,1-2H3. The van der Waals surface area contributed by atoms with Gasteiger partial charge in [0.15, 0.2) is 0 Å². The van der Waals surface area contributed by atoms with E-state index in [2.05, 4.69) is 0 Å². The maximum absolute atomic E-state index is 12.5. The Balaban J connectivity index is 2.33. The monoisotopic (exact) mass is 302 g/mol. The average molecular weight is 303 g/mol. The number of nitrogens with zero attached hydrogens (tertiary/aromatic N) is 1. The summed E-state index contributed by atoms with van der Waals surface area (Å²) in [6.07, 6.45) is 2.21. The minimum atomic E-state index is -3.47. The fourth-order valence-corrected chi connectivity index (χ4v) is 3.80. The number of hydrogen-bond acceptors (Lipinski definition) is 3. The van der Waals surface area contributed by atoms with E-state index in [1.165, 1.54) is 10.4 Å². The lowest BCUT2D eigenvalue weighted by Crippen LogP contribution is -2.36. The first-order chi connectivity index (χ1) is 8.87. The van der Waals surface area contributed by atoms with Crippen LogP contribution in [0.2, 0.25) is 5.02 Å². The summed E-state index contributed by atoms with van der Waals surface area (Å²) < 4.78 is 26.5. The van der Waals surface area contributed by atoms with Crippen molar-refractivity contribution in [3.63, 3.8) is 0 Å². The highest BCUT2D eigenvalue weighted by molar-refractivity contribution is 7.89. The number of sulfonamides is 1. The molecule has 1 aliphatic carbocycles. The van der Waals surface area contributed by atoms with Gasteiger partial charge in [-0.25, -0.2) is 8.42 Å². The van der Waals surface area contributed by atoms with E-state index in [4.69, 9.17) is 17.3 Å². The van der Waals surface area contributed by atoms with Gasteiger partial charge in [0.2, 0.25) is 10.0 Å². The summed E-state index contributed by atoms with van der Waals surface area (Å²) in [5.41, 5.74) is 6.21. The van der Waals surface area contributed by atoms with Crippen LogP contribution in [-0.2, 0) is 16.6 Å². The van der Waals surface area contributed by atoms with Gasteiger partial charge in [-0.3, -0.25) is 0 Å². The van der Waals surface area contributed by atoms with Crippen LogP contribution < -0.4 is 5.73 Å².